The summed E-state index contributed by atoms with van der Waals surface area (Å²) in [6.45, 7) is 0. The minimum atomic E-state index is 0.866. The molecular formula is C56H37NO. The van der Waals surface area contributed by atoms with Crippen LogP contribution in [0.2, 0.25) is 0 Å². The predicted molar refractivity (Wildman–Crippen MR) is 245 cm³/mol. The Kier molecular flexibility index (Phi) is 8.19. The van der Waals surface area contributed by atoms with Gasteiger partial charge in [0.15, 0.2) is 0 Å². The van der Waals surface area contributed by atoms with Gasteiger partial charge in [0, 0.05) is 16.8 Å². The van der Waals surface area contributed by atoms with E-state index in [0.717, 1.165) is 39.0 Å². The van der Waals surface area contributed by atoms with Crippen molar-refractivity contribution in [2.24, 2.45) is 0 Å². The number of para-hydroxylation sites is 1. The summed E-state index contributed by atoms with van der Waals surface area (Å²) < 4.78 is 6.42. The molecule has 0 saturated carbocycles. The SMILES string of the molecule is c1ccc(-c2c(-c3ccc(N(c4ccc(-c5cccc6cccc(-c7ccccc7)c56)cc4)c4cccc5oc6ccccc6c45)cc3)ccc3ccccc23)cc1. The molecular weight excluding hydrogens is 703 g/mol. The minimum Gasteiger partial charge on any atom is -0.456 e. The van der Waals surface area contributed by atoms with Crippen LogP contribution in [0.15, 0.2) is 229 Å². The molecule has 0 fully saturated rings. The fraction of sp³-hybridized carbons (Fsp3) is 0. The second-order valence-electron chi connectivity index (χ2n) is 14.8. The molecule has 0 N–H and O–H groups in total. The molecule has 1 heterocycles. The molecule has 0 amide bonds. The first kappa shape index (κ1) is 33.6. The van der Waals surface area contributed by atoms with Gasteiger partial charge in [-0.15, -0.1) is 0 Å². The van der Waals surface area contributed by atoms with Crippen molar-refractivity contribution in [2.75, 3.05) is 4.90 Å². The van der Waals surface area contributed by atoms with Gasteiger partial charge in [-0.2, -0.15) is 0 Å². The Hall–Kier alpha value is -7.68. The summed E-state index contributed by atoms with van der Waals surface area (Å²) in [6, 6.07) is 80.6. The predicted octanol–water partition coefficient (Wildman–Crippen LogP) is 16.0. The zero-order valence-corrected chi connectivity index (χ0v) is 31.7. The van der Waals surface area contributed by atoms with E-state index in [-0.39, 0.29) is 0 Å². The Morgan fingerprint density at radius 2 is 0.810 bits per heavy atom. The Morgan fingerprint density at radius 1 is 0.293 bits per heavy atom. The largest absolute Gasteiger partial charge is 0.456 e. The van der Waals surface area contributed by atoms with Crippen molar-refractivity contribution in [3.8, 4) is 44.5 Å². The van der Waals surface area contributed by atoms with Gasteiger partial charge in [0.25, 0.3) is 0 Å². The van der Waals surface area contributed by atoms with Crippen LogP contribution < -0.4 is 4.90 Å². The Balaban J connectivity index is 1.07. The average Bonchev–Trinajstić information content (AvgIpc) is 3.69. The zero-order valence-electron chi connectivity index (χ0n) is 31.7. The normalized spacial score (nSPS) is 11.4. The molecule has 0 radical (unpaired) electrons. The molecule has 0 saturated heterocycles. The van der Waals surface area contributed by atoms with Crippen LogP contribution >= 0.6 is 0 Å². The summed E-state index contributed by atoms with van der Waals surface area (Å²) in [7, 11) is 0. The molecule has 11 rings (SSSR count). The molecule has 0 atom stereocenters. The highest BCUT2D eigenvalue weighted by Gasteiger charge is 2.21. The third-order valence-electron chi connectivity index (χ3n) is 11.5. The molecule has 0 aliphatic rings. The van der Waals surface area contributed by atoms with Gasteiger partial charge in [0.2, 0.25) is 0 Å². The first-order valence-electron chi connectivity index (χ1n) is 19.8. The monoisotopic (exact) mass is 739 g/mol. The van der Waals surface area contributed by atoms with Gasteiger partial charge in [-0.25, -0.2) is 0 Å². The van der Waals surface area contributed by atoms with Gasteiger partial charge in [-0.1, -0.05) is 182 Å². The van der Waals surface area contributed by atoms with Crippen molar-refractivity contribution in [1.82, 2.24) is 0 Å². The summed E-state index contributed by atoms with van der Waals surface area (Å²) in [5.74, 6) is 0. The van der Waals surface area contributed by atoms with Crippen molar-refractivity contribution >= 4 is 60.5 Å². The lowest BCUT2D eigenvalue weighted by molar-refractivity contribution is 0.669. The molecule has 2 nitrogen and oxygen atoms in total. The Bertz CT molecular complexity index is 3250. The number of anilines is 3. The molecule has 1 aromatic heterocycles. The summed E-state index contributed by atoms with van der Waals surface area (Å²) >= 11 is 0. The highest BCUT2D eigenvalue weighted by Crippen LogP contribution is 2.45. The second-order valence-corrected chi connectivity index (χ2v) is 14.8. The van der Waals surface area contributed by atoms with Crippen LogP contribution in [-0.2, 0) is 0 Å². The van der Waals surface area contributed by atoms with E-state index in [2.05, 4.69) is 223 Å². The molecule has 58 heavy (non-hydrogen) atoms. The maximum absolute atomic E-state index is 6.42. The maximum atomic E-state index is 6.42. The van der Waals surface area contributed by atoms with Crippen LogP contribution in [0.3, 0.4) is 0 Å². The third-order valence-corrected chi connectivity index (χ3v) is 11.5. The Labute approximate surface area is 337 Å². The fourth-order valence-corrected chi connectivity index (χ4v) is 8.82. The summed E-state index contributed by atoms with van der Waals surface area (Å²) in [5.41, 5.74) is 14.6. The number of fused-ring (bicyclic) bond motifs is 5. The van der Waals surface area contributed by atoms with Crippen molar-refractivity contribution in [1.29, 1.82) is 0 Å². The van der Waals surface area contributed by atoms with Crippen LogP contribution in [0.1, 0.15) is 0 Å². The lowest BCUT2D eigenvalue weighted by Crippen LogP contribution is -2.10. The van der Waals surface area contributed by atoms with E-state index in [1.807, 2.05) is 6.07 Å². The quantitative estimate of drug-likeness (QED) is 0.162. The molecule has 0 spiro atoms. The summed E-state index contributed by atoms with van der Waals surface area (Å²) in [6.07, 6.45) is 0. The summed E-state index contributed by atoms with van der Waals surface area (Å²) in [5, 5.41) is 7.15. The molecule has 0 aliphatic heterocycles. The topological polar surface area (TPSA) is 16.4 Å². The van der Waals surface area contributed by atoms with Gasteiger partial charge in [-0.05, 0) is 109 Å². The zero-order chi connectivity index (χ0) is 38.4. The number of rotatable bonds is 7. The highest BCUT2D eigenvalue weighted by atomic mass is 16.3. The molecule has 10 aromatic carbocycles. The van der Waals surface area contributed by atoms with Gasteiger partial charge in [0.1, 0.15) is 11.2 Å². The highest BCUT2D eigenvalue weighted by molar-refractivity contribution is 6.14. The minimum absolute atomic E-state index is 0.866. The maximum Gasteiger partial charge on any atom is 0.137 e. The Morgan fingerprint density at radius 3 is 1.50 bits per heavy atom. The van der Waals surface area contributed by atoms with Gasteiger partial charge in [-0.3, -0.25) is 0 Å². The van der Waals surface area contributed by atoms with E-state index in [4.69, 9.17) is 4.42 Å². The van der Waals surface area contributed by atoms with E-state index in [1.54, 1.807) is 0 Å². The van der Waals surface area contributed by atoms with E-state index in [1.165, 1.54) is 66.1 Å². The van der Waals surface area contributed by atoms with Crippen LogP contribution in [0.5, 0.6) is 0 Å². The second kappa shape index (κ2) is 14.1. The molecule has 0 bridgehead atoms. The van der Waals surface area contributed by atoms with Crippen LogP contribution in [-0.4, -0.2) is 0 Å². The van der Waals surface area contributed by atoms with Crippen molar-refractivity contribution in [3.05, 3.63) is 224 Å². The molecule has 2 heteroatoms. The number of furan rings is 1. The van der Waals surface area contributed by atoms with Crippen LogP contribution in [0, 0.1) is 0 Å². The smallest absolute Gasteiger partial charge is 0.137 e. The first-order chi connectivity index (χ1) is 28.8. The van der Waals surface area contributed by atoms with E-state index in [9.17, 15) is 0 Å². The molecule has 11 aromatic rings. The lowest BCUT2D eigenvalue weighted by Gasteiger charge is -2.27. The first-order valence-corrected chi connectivity index (χ1v) is 19.8. The van der Waals surface area contributed by atoms with Gasteiger partial charge >= 0.3 is 0 Å². The number of hydrogen-bond acceptors (Lipinski definition) is 2. The molecule has 0 unspecified atom stereocenters. The van der Waals surface area contributed by atoms with Crippen molar-refractivity contribution in [2.45, 2.75) is 0 Å². The fourth-order valence-electron chi connectivity index (χ4n) is 8.82. The number of nitrogens with zero attached hydrogens (tertiary/aromatic N) is 1. The van der Waals surface area contributed by atoms with Crippen molar-refractivity contribution < 1.29 is 4.42 Å². The average molecular weight is 740 g/mol. The van der Waals surface area contributed by atoms with E-state index >= 15 is 0 Å². The standard InChI is InChI=1S/C56H37NO/c1-3-14-38(15-4-1)47-23-11-19-43-20-12-24-48(54(43)47)40-28-33-44(34-29-40)57(51-25-13-27-53-56(51)50-22-9-10-26-52(50)58-53)45-35-30-41(31-36-45)49-37-32-39-16-7-8-21-46(39)55(49)42-17-5-2-6-18-42/h1-37H. The van der Waals surface area contributed by atoms with Crippen LogP contribution in [0.4, 0.5) is 17.1 Å². The lowest BCUT2D eigenvalue weighted by atomic mass is 9.89. The van der Waals surface area contributed by atoms with Gasteiger partial charge in [0.05, 0.1) is 11.1 Å². The molecule has 0 aliphatic carbocycles. The van der Waals surface area contributed by atoms with E-state index < -0.39 is 0 Å². The summed E-state index contributed by atoms with van der Waals surface area (Å²) in [4.78, 5) is 2.37. The molecule has 272 valence electrons. The third kappa shape index (κ3) is 5.74. The number of benzene rings is 10. The van der Waals surface area contributed by atoms with E-state index in [0.29, 0.717) is 0 Å². The van der Waals surface area contributed by atoms with Crippen molar-refractivity contribution in [3.63, 3.8) is 0 Å². The number of hydrogen-bond donors (Lipinski definition) is 0. The van der Waals surface area contributed by atoms with Crippen LogP contribution in [0.25, 0.3) is 88.0 Å². The van der Waals surface area contributed by atoms with Gasteiger partial charge < -0.3 is 9.32 Å².